The van der Waals surface area contributed by atoms with Crippen molar-refractivity contribution in [2.45, 2.75) is 31.2 Å². The van der Waals surface area contributed by atoms with E-state index in [-0.39, 0.29) is 6.10 Å². The van der Waals surface area contributed by atoms with Crippen molar-refractivity contribution in [2.75, 3.05) is 32.4 Å². The lowest BCUT2D eigenvalue weighted by Gasteiger charge is -2.33. The molecule has 0 aromatic rings. The van der Waals surface area contributed by atoms with Gasteiger partial charge in [-0.2, -0.15) is 11.8 Å². The van der Waals surface area contributed by atoms with Crippen LogP contribution in [-0.4, -0.2) is 55.1 Å². The summed E-state index contributed by atoms with van der Waals surface area (Å²) >= 11 is 1.61. The minimum Gasteiger partial charge on any atom is -0.382 e. The van der Waals surface area contributed by atoms with Gasteiger partial charge in [0.25, 0.3) is 0 Å². The highest BCUT2D eigenvalue weighted by Gasteiger charge is 2.49. The molecule has 17 heavy (non-hydrogen) atoms. The summed E-state index contributed by atoms with van der Waals surface area (Å²) in [6.07, 6.45) is 2.19. The van der Waals surface area contributed by atoms with E-state index in [1.165, 1.54) is 6.66 Å². The maximum atomic E-state index is 11.4. The van der Waals surface area contributed by atoms with Crippen molar-refractivity contribution in [1.82, 2.24) is 0 Å². The number of hydrogen-bond acceptors (Lipinski definition) is 5. The van der Waals surface area contributed by atoms with Gasteiger partial charge in [0.05, 0.1) is 12.7 Å². The van der Waals surface area contributed by atoms with Gasteiger partial charge in [-0.25, -0.2) is 0 Å². The van der Waals surface area contributed by atoms with Crippen LogP contribution in [0.3, 0.4) is 0 Å². The van der Waals surface area contributed by atoms with Crippen molar-refractivity contribution >= 4 is 19.4 Å². The van der Waals surface area contributed by atoms with Crippen LogP contribution in [0.25, 0.3) is 0 Å². The molecule has 1 fully saturated rings. The Labute approximate surface area is 107 Å². The fourth-order valence-corrected chi connectivity index (χ4v) is 3.78. The smallest absolute Gasteiger partial charge is 0.325 e. The Hall–Kier alpha value is 0.420. The lowest BCUT2D eigenvalue weighted by atomic mass is 10.00. The lowest BCUT2D eigenvalue weighted by Crippen LogP contribution is -2.47. The van der Waals surface area contributed by atoms with Gasteiger partial charge in [0.2, 0.25) is 0 Å². The number of thioether (sulfide) groups is 1. The summed E-state index contributed by atoms with van der Waals surface area (Å²) in [6.45, 7) is 3.50. The van der Waals surface area contributed by atoms with Gasteiger partial charge in [0, 0.05) is 25.9 Å². The van der Waals surface area contributed by atoms with Crippen LogP contribution in [0.15, 0.2) is 0 Å². The van der Waals surface area contributed by atoms with Gasteiger partial charge in [-0.15, -0.1) is 0 Å². The van der Waals surface area contributed by atoms with Crippen molar-refractivity contribution < 1.29 is 23.5 Å². The van der Waals surface area contributed by atoms with Crippen LogP contribution in [0, 0.1) is 0 Å². The molecule has 7 heteroatoms. The zero-order chi connectivity index (χ0) is 13.1. The molecule has 2 unspecified atom stereocenters. The van der Waals surface area contributed by atoms with E-state index in [1.54, 1.807) is 18.9 Å². The number of ether oxygens (including phenoxy) is 2. The Morgan fingerprint density at radius 3 is 2.76 bits per heavy atom. The van der Waals surface area contributed by atoms with E-state index in [1.807, 2.05) is 13.2 Å². The Morgan fingerprint density at radius 1 is 1.65 bits per heavy atom. The molecule has 0 spiro atoms. The van der Waals surface area contributed by atoms with Crippen LogP contribution in [-0.2, 0) is 18.6 Å². The molecule has 1 N–H and O–H groups in total. The van der Waals surface area contributed by atoms with Gasteiger partial charge < -0.3 is 18.9 Å². The Kier molecular flexibility index (Phi) is 5.50. The molecule has 0 aromatic carbocycles. The first-order chi connectivity index (χ1) is 7.83. The average Bonchev–Trinajstić information content (AvgIpc) is 2.41. The molecule has 1 heterocycles. The largest absolute Gasteiger partial charge is 0.382 e. The molecule has 1 aliphatic rings. The summed E-state index contributed by atoms with van der Waals surface area (Å²) in [5.74, 6) is 0.676. The van der Waals surface area contributed by atoms with Crippen molar-refractivity contribution in [3.8, 4) is 0 Å². The van der Waals surface area contributed by atoms with Crippen LogP contribution < -0.4 is 0 Å². The van der Waals surface area contributed by atoms with E-state index in [2.05, 4.69) is 0 Å². The van der Waals surface area contributed by atoms with E-state index in [9.17, 15) is 9.46 Å². The molecular weight excluding hydrogens is 263 g/mol. The van der Waals surface area contributed by atoms with Gasteiger partial charge >= 0.3 is 7.60 Å². The molecule has 1 aliphatic heterocycles. The van der Waals surface area contributed by atoms with Gasteiger partial charge in [-0.3, -0.25) is 4.57 Å². The molecule has 0 radical (unpaired) electrons. The molecule has 0 saturated carbocycles. The highest BCUT2D eigenvalue weighted by Crippen LogP contribution is 2.46. The van der Waals surface area contributed by atoms with E-state index in [0.717, 1.165) is 0 Å². The van der Waals surface area contributed by atoms with E-state index in [0.29, 0.717) is 18.8 Å². The molecule has 5 nitrogen and oxygen atoms in total. The lowest BCUT2D eigenvalue weighted by molar-refractivity contribution is -0.0951. The van der Waals surface area contributed by atoms with Crippen LogP contribution in [0.4, 0.5) is 0 Å². The fraction of sp³-hybridized carbons (Fsp3) is 1.00. The first-order valence-electron chi connectivity index (χ1n) is 5.47. The molecule has 1 rings (SSSR count). The summed E-state index contributed by atoms with van der Waals surface area (Å²) in [4.78, 5) is 9.36. The quantitative estimate of drug-likeness (QED) is 0.750. The second-order valence-corrected chi connectivity index (χ2v) is 7.17. The van der Waals surface area contributed by atoms with E-state index < -0.39 is 19.3 Å². The molecular formula is C10H21O5PS. The molecule has 102 valence electrons. The zero-order valence-electron chi connectivity index (χ0n) is 10.7. The first-order valence-corrected chi connectivity index (χ1v) is 8.89. The highest BCUT2D eigenvalue weighted by atomic mass is 32.2. The SMILES string of the molecule is COC[C@@]1(CSC)O[C@@H](C)CC1OP(C)(=O)O. The molecule has 4 atom stereocenters. The standard InChI is InChI=1S/C10H21O5PS/c1-8-5-9(15-16(3,11)12)10(14-8,6-13-2)7-17-4/h8-9H,5-7H2,1-4H3,(H,11,12)/t8-,9?,10-/m0/s1. The third kappa shape index (κ3) is 4.23. The van der Waals surface area contributed by atoms with Gasteiger partial charge in [-0.1, -0.05) is 0 Å². The summed E-state index contributed by atoms with van der Waals surface area (Å²) < 4.78 is 27.8. The second-order valence-electron chi connectivity index (χ2n) is 4.49. The third-order valence-corrected chi connectivity index (χ3v) is 4.09. The number of rotatable bonds is 6. The monoisotopic (exact) mass is 284 g/mol. The van der Waals surface area contributed by atoms with Crippen molar-refractivity contribution in [3.05, 3.63) is 0 Å². The van der Waals surface area contributed by atoms with Gasteiger partial charge in [0.1, 0.15) is 11.7 Å². The number of methoxy groups -OCH3 is 1. The summed E-state index contributed by atoms with van der Waals surface area (Å²) in [5, 5.41) is 0. The van der Waals surface area contributed by atoms with E-state index in [4.69, 9.17) is 14.0 Å². The van der Waals surface area contributed by atoms with Gasteiger partial charge in [-0.05, 0) is 13.2 Å². The maximum absolute atomic E-state index is 11.4. The minimum absolute atomic E-state index is 0.00819. The predicted molar refractivity (Wildman–Crippen MR) is 68.8 cm³/mol. The van der Waals surface area contributed by atoms with E-state index >= 15 is 0 Å². The van der Waals surface area contributed by atoms with Gasteiger partial charge in [0.15, 0.2) is 0 Å². The van der Waals surface area contributed by atoms with Crippen molar-refractivity contribution in [2.24, 2.45) is 0 Å². The predicted octanol–water partition coefficient (Wildman–Crippen LogP) is 1.74. The highest BCUT2D eigenvalue weighted by molar-refractivity contribution is 7.98. The first kappa shape index (κ1) is 15.5. The van der Waals surface area contributed by atoms with Crippen molar-refractivity contribution in [1.29, 1.82) is 0 Å². The fourth-order valence-electron chi connectivity index (χ4n) is 2.20. The summed E-state index contributed by atoms with van der Waals surface area (Å²) in [6, 6.07) is 0. The van der Waals surface area contributed by atoms with Crippen molar-refractivity contribution in [3.63, 3.8) is 0 Å². The second kappa shape index (κ2) is 6.04. The molecule has 0 amide bonds. The summed E-state index contributed by atoms with van der Waals surface area (Å²) in [7, 11) is -1.92. The van der Waals surface area contributed by atoms with Crippen LogP contribution in [0.1, 0.15) is 13.3 Å². The van der Waals surface area contributed by atoms with Crippen LogP contribution in [0.2, 0.25) is 0 Å². The third-order valence-electron chi connectivity index (χ3n) is 2.67. The van der Waals surface area contributed by atoms with Crippen LogP contribution in [0.5, 0.6) is 0 Å². The maximum Gasteiger partial charge on any atom is 0.325 e. The average molecular weight is 284 g/mol. The molecule has 0 aromatic heterocycles. The summed E-state index contributed by atoms with van der Waals surface area (Å²) in [5.41, 5.74) is -0.623. The normalized spacial score (nSPS) is 37.0. The number of hydrogen-bond donors (Lipinski definition) is 1. The molecule has 0 bridgehead atoms. The molecule has 1 saturated heterocycles. The topological polar surface area (TPSA) is 65.0 Å². The Morgan fingerprint density at radius 2 is 2.29 bits per heavy atom. The Bertz CT molecular complexity index is 286. The molecule has 0 aliphatic carbocycles. The Balaban J connectivity index is 2.86. The van der Waals surface area contributed by atoms with Crippen LogP contribution >= 0.6 is 19.4 Å². The zero-order valence-corrected chi connectivity index (χ0v) is 12.4. The minimum atomic E-state index is -3.51.